The van der Waals surface area contributed by atoms with Crippen molar-refractivity contribution in [3.63, 3.8) is 0 Å². The lowest BCUT2D eigenvalue weighted by Gasteiger charge is -1.96. The molecule has 8 heteroatoms. The van der Waals surface area contributed by atoms with Gasteiger partial charge in [0.15, 0.2) is 4.70 Å². The zero-order chi connectivity index (χ0) is 10.3. The van der Waals surface area contributed by atoms with Crippen molar-refractivity contribution in [1.82, 2.24) is 9.59 Å². The molecule has 1 heterocycles. The van der Waals surface area contributed by atoms with Crippen LogP contribution in [0, 0.1) is 10.1 Å². The van der Waals surface area contributed by atoms with Crippen LogP contribution in [0.1, 0.15) is 0 Å². The Bertz CT molecular complexity index is 527. The summed E-state index contributed by atoms with van der Waals surface area (Å²) < 4.78 is 3.89. The molecule has 0 radical (unpaired) electrons. The van der Waals surface area contributed by atoms with E-state index in [2.05, 4.69) is 9.59 Å². The second-order valence-electron chi connectivity index (χ2n) is 2.40. The molecular formula is C6HCl2N3O2S. The van der Waals surface area contributed by atoms with Crippen LogP contribution in [-0.2, 0) is 0 Å². The van der Waals surface area contributed by atoms with E-state index in [-0.39, 0.29) is 15.7 Å². The molecule has 5 nitrogen and oxygen atoms in total. The first kappa shape index (κ1) is 9.57. The van der Waals surface area contributed by atoms with Gasteiger partial charge in [0.25, 0.3) is 0 Å². The Hall–Kier alpha value is -0.980. The smallest absolute Gasteiger partial charge is 0.258 e. The van der Waals surface area contributed by atoms with Crippen LogP contribution in [-0.4, -0.2) is 14.5 Å². The number of halogens is 2. The highest BCUT2D eigenvalue weighted by atomic mass is 35.5. The van der Waals surface area contributed by atoms with Crippen LogP contribution in [0.2, 0.25) is 10.0 Å². The molecule has 0 atom stereocenters. The maximum absolute atomic E-state index is 10.7. The standard InChI is InChI=1S/C6HCl2N3O2S/c7-2-1-3(8)5(11(12)13)6-4(2)9-10-14-6/h1H. The van der Waals surface area contributed by atoms with Crippen molar-refractivity contribution >= 4 is 50.6 Å². The Labute approximate surface area is 91.6 Å². The maximum atomic E-state index is 10.7. The van der Waals surface area contributed by atoms with E-state index in [1.54, 1.807) is 0 Å². The molecular weight excluding hydrogens is 249 g/mol. The van der Waals surface area contributed by atoms with Gasteiger partial charge in [0.05, 0.1) is 9.95 Å². The van der Waals surface area contributed by atoms with Crippen molar-refractivity contribution in [3.8, 4) is 0 Å². The van der Waals surface area contributed by atoms with Crippen molar-refractivity contribution in [1.29, 1.82) is 0 Å². The van der Waals surface area contributed by atoms with Gasteiger partial charge in [-0.2, -0.15) is 0 Å². The number of hydrogen-bond donors (Lipinski definition) is 0. The van der Waals surface area contributed by atoms with E-state index in [1.165, 1.54) is 6.07 Å². The second-order valence-corrected chi connectivity index (χ2v) is 3.97. The van der Waals surface area contributed by atoms with Crippen LogP contribution in [0.25, 0.3) is 10.2 Å². The molecule has 0 saturated heterocycles. The zero-order valence-electron chi connectivity index (χ0n) is 6.40. The van der Waals surface area contributed by atoms with Gasteiger partial charge in [-0.15, -0.1) is 5.10 Å². The third-order valence-electron chi connectivity index (χ3n) is 1.59. The summed E-state index contributed by atoms with van der Waals surface area (Å²) >= 11 is 12.4. The van der Waals surface area contributed by atoms with E-state index in [0.29, 0.717) is 10.2 Å². The second kappa shape index (κ2) is 3.30. The molecule has 0 N–H and O–H groups in total. The SMILES string of the molecule is O=[N+]([O-])c1c(Cl)cc(Cl)c2nnsc12. The molecule has 0 aliphatic carbocycles. The van der Waals surface area contributed by atoms with Gasteiger partial charge in [0.2, 0.25) is 0 Å². The van der Waals surface area contributed by atoms with E-state index < -0.39 is 4.92 Å². The summed E-state index contributed by atoms with van der Waals surface area (Å²) in [5.74, 6) is 0. The summed E-state index contributed by atoms with van der Waals surface area (Å²) in [6.07, 6.45) is 0. The average molecular weight is 250 g/mol. The average Bonchev–Trinajstić information content (AvgIpc) is 2.51. The predicted molar refractivity (Wildman–Crippen MR) is 54.1 cm³/mol. The minimum atomic E-state index is -0.569. The number of aromatic nitrogens is 2. The number of fused-ring (bicyclic) bond motifs is 1. The Morgan fingerprint density at radius 3 is 2.79 bits per heavy atom. The molecule has 2 rings (SSSR count). The Balaban J connectivity index is 2.93. The molecule has 1 aromatic heterocycles. The van der Waals surface area contributed by atoms with Gasteiger partial charge < -0.3 is 0 Å². The highest BCUT2D eigenvalue weighted by molar-refractivity contribution is 7.13. The molecule has 0 bridgehead atoms. The predicted octanol–water partition coefficient (Wildman–Crippen LogP) is 2.91. The number of nitro benzene ring substituents is 1. The number of nitrogens with zero attached hydrogens (tertiary/aromatic N) is 3. The van der Waals surface area contributed by atoms with Crippen molar-refractivity contribution in [2.45, 2.75) is 0 Å². The highest BCUT2D eigenvalue weighted by Crippen LogP contribution is 2.38. The topological polar surface area (TPSA) is 68.9 Å². The van der Waals surface area contributed by atoms with E-state index in [0.717, 1.165) is 11.5 Å². The fourth-order valence-electron chi connectivity index (χ4n) is 1.03. The summed E-state index contributed by atoms with van der Waals surface area (Å²) in [5.41, 5.74) is 0.119. The maximum Gasteiger partial charge on any atom is 0.308 e. The number of benzene rings is 1. The molecule has 72 valence electrons. The van der Waals surface area contributed by atoms with E-state index >= 15 is 0 Å². The fourth-order valence-corrected chi connectivity index (χ4v) is 2.42. The molecule has 0 saturated carbocycles. The first-order valence-corrected chi connectivity index (χ1v) is 4.88. The van der Waals surface area contributed by atoms with Gasteiger partial charge in [-0.25, -0.2) is 0 Å². The van der Waals surface area contributed by atoms with Crippen LogP contribution < -0.4 is 0 Å². The molecule has 14 heavy (non-hydrogen) atoms. The normalized spacial score (nSPS) is 10.7. The third kappa shape index (κ3) is 1.31. The molecule has 0 aliphatic rings. The molecule has 1 aromatic carbocycles. The molecule has 0 aliphatic heterocycles. The zero-order valence-corrected chi connectivity index (χ0v) is 8.73. The van der Waals surface area contributed by atoms with Gasteiger partial charge in [-0.05, 0) is 17.6 Å². The molecule has 2 aromatic rings. The minimum Gasteiger partial charge on any atom is -0.258 e. The van der Waals surface area contributed by atoms with Crippen molar-refractivity contribution < 1.29 is 4.92 Å². The van der Waals surface area contributed by atoms with Crippen LogP contribution >= 0.6 is 34.7 Å². The van der Waals surface area contributed by atoms with E-state index in [1.807, 2.05) is 0 Å². The summed E-state index contributed by atoms with van der Waals surface area (Å²) in [6, 6.07) is 1.30. The van der Waals surface area contributed by atoms with E-state index in [4.69, 9.17) is 23.2 Å². The van der Waals surface area contributed by atoms with Crippen molar-refractivity contribution in [3.05, 3.63) is 26.2 Å². The van der Waals surface area contributed by atoms with Crippen LogP contribution in [0.3, 0.4) is 0 Å². The number of rotatable bonds is 1. The fraction of sp³-hybridized carbons (Fsp3) is 0. The monoisotopic (exact) mass is 249 g/mol. The summed E-state index contributed by atoms with van der Waals surface area (Å²) in [6.45, 7) is 0. The van der Waals surface area contributed by atoms with Crippen molar-refractivity contribution in [2.24, 2.45) is 0 Å². The Kier molecular flexibility index (Phi) is 2.26. The van der Waals surface area contributed by atoms with Gasteiger partial charge in [0.1, 0.15) is 10.5 Å². The van der Waals surface area contributed by atoms with Gasteiger partial charge in [-0.1, -0.05) is 27.7 Å². The lowest BCUT2D eigenvalue weighted by molar-refractivity contribution is -0.382. The van der Waals surface area contributed by atoms with E-state index in [9.17, 15) is 10.1 Å². The largest absolute Gasteiger partial charge is 0.308 e. The molecule has 0 amide bonds. The van der Waals surface area contributed by atoms with Gasteiger partial charge in [0, 0.05) is 0 Å². The summed E-state index contributed by atoms with van der Waals surface area (Å²) in [7, 11) is 0. The Morgan fingerprint density at radius 1 is 1.43 bits per heavy atom. The number of nitro groups is 1. The van der Waals surface area contributed by atoms with Crippen LogP contribution in [0.4, 0.5) is 5.69 Å². The first-order chi connectivity index (χ1) is 6.61. The minimum absolute atomic E-state index is 0.00134. The van der Waals surface area contributed by atoms with Crippen LogP contribution in [0.5, 0.6) is 0 Å². The van der Waals surface area contributed by atoms with Gasteiger partial charge in [-0.3, -0.25) is 10.1 Å². The van der Waals surface area contributed by atoms with Crippen molar-refractivity contribution in [2.75, 3.05) is 0 Å². The van der Waals surface area contributed by atoms with Gasteiger partial charge >= 0.3 is 5.69 Å². The highest BCUT2D eigenvalue weighted by Gasteiger charge is 2.22. The Morgan fingerprint density at radius 2 is 2.14 bits per heavy atom. The summed E-state index contributed by atoms with van der Waals surface area (Å²) in [4.78, 5) is 10.1. The molecule has 0 spiro atoms. The summed E-state index contributed by atoms with van der Waals surface area (Å²) in [5, 5.41) is 14.6. The quantitative estimate of drug-likeness (QED) is 0.576. The number of hydrogen-bond acceptors (Lipinski definition) is 5. The lowest BCUT2D eigenvalue weighted by Crippen LogP contribution is -1.89. The molecule has 0 fully saturated rings. The first-order valence-electron chi connectivity index (χ1n) is 3.35. The molecule has 0 unspecified atom stereocenters. The lowest BCUT2D eigenvalue weighted by atomic mass is 10.3. The van der Waals surface area contributed by atoms with Crippen LogP contribution in [0.15, 0.2) is 6.07 Å². The third-order valence-corrected chi connectivity index (χ3v) is 2.90.